The standard InChI is InChI=1S/C9H17N/c1-4-5-6-8(2)7-9(3)10/h8-9H,6-7,10H2,1-3H3. The second-order valence-corrected chi connectivity index (χ2v) is 2.95. The summed E-state index contributed by atoms with van der Waals surface area (Å²) in [5, 5.41) is 0. The Labute approximate surface area is 64.0 Å². The van der Waals surface area contributed by atoms with Gasteiger partial charge in [-0.3, -0.25) is 0 Å². The van der Waals surface area contributed by atoms with Crippen molar-refractivity contribution in [1.29, 1.82) is 0 Å². The molecule has 0 amide bonds. The molecular weight excluding hydrogens is 122 g/mol. The second kappa shape index (κ2) is 5.32. The third-order valence-corrected chi connectivity index (χ3v) is 1.40. The Morgan fingerprint density at radius 1 is 1.40 bits per heavy atom. The summed E-state index contributed by atoms with van der Waals surface area (Å²) in [6.45, 7) is 6.10. The summed E-state index contributed by atoms with van der Waals surface area (Å²) in [7, 11) is 0. The molecular formula is C9H17N. The van der Waals surface area contributed by atoms with Gasteiger partial charge in [0.05, 0.1) is 0 Å². The van der Waals surface area contributed by atoms with Gasteiger partial charge in [-0.25, -0.2) is 0 Å². The molecule has 1 nitrogen and oxygen atoms in total. The van der Waals surface area contributed by atoms with Gasteiger partial charge in [0.15, 0.2) is 0 Å². The molecule has 0 rings (SSSR count). The van der Waals surface area contributed by atoms with E-state index in [-0.39, 0.29) is 0 Å². The van der Waals surface area contributed by atoms with Crippen molar-refractivity contribution < 1.29 is 0 Å². The Balaban J connectivity index is 3.40. The van der Waals surface area contributed by atoms with Crippen LogP contribution in [-0.2, 0) is 0 Å². The van der Waals surface area contributed by atoms with Crippen LogP contribution in [0.4, 0.5) is 0 Å². The van der Waals surface area contributed by atoms with Crippen molar-refractivity contribution >= 4 is 0 Å². The van der Waals surface area contributed by atoms with Crippen molar-refractivity contribution in [2.24, 2.45) is 11.7 Å². The highest BCUT2D eigenvalue weighted by molar-refractivity contribution is 4.96. The van der Waals surface area contributed by atoms with E-state index in [1.165, 1.54) is 0 Å². The van der Waals surface area contributed by atoms with Gasteiger partial charge in [-0.05, 0) is 26.2 Å². The van der Waals surface area contributed by atoms with Gasteiger partial charge in [-0.2, -0.15) is 0 Å². The van der Waals surface area contributed by atoms with Crippen LogP contribution in [0.1, 0.15) is 33.6 Å². The van der Waals surface area contributed by atoms with E-state index in [0.29, 0.717) is 12.0 Å². The highest BCUT2D eigenvalue weighted by Gasteiger charge is 2.02. The molecule has 0 radical (unpaired) electrons. The number of nitrogens with two attached hydrogens (primary N) is 1. The molecule has 0 heterocycles. The van der Waals surface area contributed by atoms with E-state index >= 15 is 0 Å². The third-order valence-electron chi connectivity index (χ3n) is 1.40. The van der Waals surface area contributed by atoms with Crippen LogP contribution in [0.25, 0.3) is 0 Å². The molecule has 1 heteroatoms. The lowest BCUT2D eigenvalue weighted by atomic mass is 10.0. The van der Waals surface area contributed by atoms with E-state index in [9.17, 15) is 0 Å². The maximum absolute atomic E-state index is 5.62. The monoisotopic (exact) mass is 139 g/mol. The Morgan fingerprint density at radius 3 is 2.40 bits per heavy atom. The van der Waals surface area contributed by atoms with Crippen LogP contribution < -0.4 is 5.73 Å². The highest BCUT2D eigenvalue weighted by Crippen LogP contribution is 2.07. The van der Waals surface area contributed by atoms with E-state index in [0.717, 1.165) is 12.8 Å². The van der Waals surface area contributed by atoms with Gasteiger partial charge >= 0.3 is 0 Å². The number of rotatable bonds is 3. The Hall–Kier alpha value is -0.480. The van der Waals surface area contributed by atoms with E-state index in [4.69, 9.17) is 5.73 Å². The first-order valence-corrected chi connectivity index (χ1v) is 3.82. The van der Waals surface area contributed by atoms with Crippen LogP contribution in [0.15, 0.2) is 0 Å². The van der Waals surface area contributed by atoms with Gasteiger partial charge in [0, 0.05) is 12.5 Å². The normalized spacial score (nSPS) is 15.2. The summed E-state index contributed by atoms with van der Waals surface area (Å²) in [5.74, 6) is 6.57. The van der Waals surface area contributed by atoms with Crippen LogP contribution in [0, 0.1) is 17.8 Å². The third kappa shape index (κ3) is 5.65. The Bertz CT molecular complexity index is 127. The molecule has 0 aliphatic rings. The molecule has 0 aromatic heterocycles. The summed E-state index contributed by atoms with van der Waals surface area (Å²) in [5.41, 5.74) is 5.62. The zero-order valence-electron chi connectivity index (χ0n) is 7.15. The van der Waals surface area contributed by atoms with E-state index in [2.05, 4.69) is 18.8 Å². The lowest BCUT2D eigenvalue weighted by Gasteiger charge is -2.09. The quantitative estimate of drug-likeness (QED) is 0.592. The lowest BCUT2D eigenvalue weighted by Crippen LogP contribution is -2.17. The topological polar surface area (TPSA) is 26.0 Å². The molecule has 2 N–H and O–H groups in total. The molecule has 0 spiro atoms. The molecule has 0 aromatic rings. The van der Waals surface area contributed by atoms with Gasteiger partial charge in [0.1, 0.15) is 0 Å². The van der Waals surface area contributed by atoms with Crippen molar-refractivity contribution in [2.45, 2.75) is 39.7 Å². The first kappa shape index (κ1) is 9.52. The van der Waals surface area contributed by atoms with Crippen LogP contribution in [-0.4, -0.2) is 6.04 Å². The number of hydrogen-bond donors (Lipinski definition) is 1. The molecule has 0 aromatic carbocycles. The average molecular weight is 139 g/mol. The summed E-state index contributed by atoms with van der Waals surface area (Å²) < 4.78 is 0. The molecule has 0 fully saturated rings. The fourth-order valence-corrected chi connectivity index (χ4v) is 0.994. The SMILES string of the molecule is CC#CCC(C)CC(C)N. The zero-order chi connectivity index (χ0) is 7.98. The maximum atomic E-state index is 5.62. The van der Waals surface area contributed by atoms with Crippen LogP contribution >= 0.6 is 0 Å². The molecule has 58 valence electrons. The summed E-state index contributed by atoms with van der Waals surface area (Å²) >= 11 is 0. The molecule has 0 aliphatic carbocycles. The van der Waals surface area contributed by atoms with Gasteiger partial charge in [-0.15, -0.1) is 11.8 Å². The predicted molar refractivity (Wildman–Crippen MR) is 45.5 cm³/mol. The van der Waals surface area contributed by atoms with Gasteiger partial charge < -0.3 is 5.73 Å². The minimum atomic E-state index is 0.314. The van der Waals surface area contributed by atoms with Crippen molar-refractivity contribution in [3.05, 3.63) is 0 Å². The van der Waals surface area contributed by atoms with Crippen molar-refractivity contribution in [3.63, 3.8) is 0 Å². The smallest absolute Gasteiger partial charge is 0.0115 e. The molecule has 2 unspecified atom stereocenters. The maximum Gasteiger partial charge on any atom is 0.0115 e. The van der Waals surface area contributed by atoms with Crippen LogP contribution in [0.5, 0.6) is 0 Å². The summed E-state index contributed by atoms with van der Waals surface area (Å²) in [6, 6.07) is 0.314. The van der Waals surface area contributed by atoms with Gasteiger partial charge in [-0.1, -0.05) is 6.92 Å². The number of hydrogen-bond acceptors (Lipinski definition) is 1. The zero-order valence-corrected chi connectivity index (χ0v) is 7.15. The molecule has 0 aliphatic heterocycles. The molecule has 0 saturated carbocycles. The largest absolute Gasteiger partial charge is 0.328 e. The lowest BCUT2D eigenvalue weighted by molar-refractivity contribution is 0.492. The fourth-order valence-electron chi connectivity index (χ4n) is 0.994. The molecule has 0 bridgehead atoms. The Kier molecular flexibility index (Phi) is 5.06. The minimum absolute atomic E-state index is 0.314. The van der Waals surface area contributed by atoms with Crippen molar-refractivity contribution in [3.8, 4) is 11.8 Å². The van der Waals surface area contributed by atoms with E-state index in [1.54, 1.807) is 0 Å². The molecule has 10 heavy (non-hydrogen) atoms. The van der Waals surface area contributed by atoms with Crippen molar-refractivity contribution in [2.75, 3.05) is 0 Å². The van der Waals surface area contributed by atoms with Gasteiger partial charge in [0.2, 0.25) is 0 Å². The van der Waals surface area contributed by atoms with E-state index < -0.39 is 0 Å². The average Bonchev–Trinajstić information content (AvgIpc) is 1.82. The van der Waals surface area contributed by atoms with E-state index in [1.807, 2.05) is 13.8 Å². The molecule has 2 atom stereocenters. The van der Waals surface area contributed by atoms with Crippen molar-refractivity contribution in [1.82, 2.24) is 0 Å². The summed E-state index contributed by atoms with van der Waals surface area (Å²) in [4.78, 5) is 0. The fraction of sp³-hybridized carbons (Fsp3) is 0.778. The first-order chi connectivity index (χ1) is 4.66. The predicted octanol–water partition coefficient (Wildman–Crippen LogP) is 1.77. The first-order valence-electron chi connectivity index (χ1n) is 3.82. The highest BCUT2D eigenvalue weighted by atomic mass is 14.6. The van der Waals surface area contributed by atoms with Crippen LogP contribution in [0.3, 0.4) is 0 Å². The second-order valence-electron chi connectivity index (χ2n) is 2.95. The minimum Gasteiger partial charge on any atom is -0.328 e. The Morgan fingerprint density at radius 2 is 2.00 bits per heavy atom. The van der Waals surface area contributed by atoms with Gasteiger partial charge in [0.25, 0.3) is 0 Å². The summed E-state index contributed by atoms with van der Waals surface area (Å²) in [6.07, 6.45) is 2.06. The molecule has 0 saturated heterocycles. The van der Waals surface area contributed by atoms with Crippen LogP contribution in [0.2, 0.25) is 0 Å².